The molecule has 7 nitrogen and oxygen atoms in total. The second-order valence-corrected chi connectivity index (χ2v) is 8.61. The molecule has 0 saturated carbocycles. The fraction of sp³-hybridized carbons (Fsp3) is 0.611. The summed E-state index contributed by atoms with van der Waals surface area (Å²) in [7, 11) is -1.93. The van der Waals surface area contributed by atoms with E-state index in [4.69, 9.17) is 4.74 Å². The number of hydrogen-bond acceptors (Lipinski definition) is 4. The lowest BCUT2D eigenvalue weighted by Crippen LogP contribution is -2.43. The summed E-state index contributed by atoms with van der Waals surface area (Å²) in [4.78, 5) is 4.00. The summed E-state index contributed by atoms with van der Waals surface area (Å²) in [6.07, 6.45) is 2.84. The van der Waals surface area contributed by atoms with Crippen molar-refractivity contribution in [2.45, 2.75) is 38.3 Å². The first-order chi connectivity index (χ1) is 13.3. The van der Waals surface area contributed by atoms with Crippen molar-refractivity contribution in [2.75, 3.05) is 32.5 Å². The number of rotatable bonds is 8. The standard InChI is InChI=1S/C18H28F2N4O3S.HI/c1-13(16-7-6-14(19)11-17(16)20)24-18(21-2)22-8-10-28(25,26)23-12-15-5-3-4-9-27-15;/h6-7,11,13,15,23H,3-5,8-10,12H2,1-2H3,(H2,21,22,24);1H. The molecule has 166 valence electrons. The molecule has 0 aromatic heterocycles. The van der Waals surface area contributed by atoms with Gasteiger partial charge >= 0.3 is 0 Å². The van der Waals surface area contributed by atoms with Crippen molar-refractivity contribution >= 4 is 40.0 Å². The highest BCUT2D eigenvalue weighted by molar-refractivity contribution is 14.0. The Bertz CT molecular complexity index is 774. The lowest BCUT2D eigenvalue weighted by Gasteiger charge is -2.22. The smallest absolute Gasteiger partial charge is 0.213 e. The van der Waals surface area contributed by atoms with E-state index in [0.29, 0.717) is 12.6 Å². The van der Waals surface area contributed by atoms with Crippen LogP contribution in [0.3, 0.4) is 0 Å². The van der Waals surface area contributed by atoms with Gasteiger partial charge in [0, 0.05) is 38.4 Å². The second kappa shape index (κ2) is 12.6. The first-order valence-corrected chi connectivity index (χ1v) is 11.0. The first-order valence-electron chi connectivity index (χ1n) is 9.32. The topological polar surface area (TPSA) is 91.8 Å². The highest BCUT2D eigenvalue weighted by Gasteiger charge is 2.18. The molecule has 0 aliphatic carbocycles. The van der Waals surface area contributed by atoms with Crippen molar-refractivity contribution in [3.63, 3.8) is 0 Å². The molecule has 1 fully saturated rings. The highest BCUT2D eigenvalue weighted by Crippen LogP contribution is 2.17. The third-order valence-corrected chi connectivity index (χ3v) is 5.82. The molecule has 1 aliphatic heterocycles. The number of nitrogens with zero attached hydrogens (tertiary/aromatic N) is 1. The van der Waals surface area contributed by atoms with Gasteiger partial charge in [-0.1, -0.05) is 6.07 Å². The average Bonchev–Trinajstić information content (AvgIpc) is 2.66. The van der Waals surface area contributed by atoms with Gasteiger partial charge in [-0.2, -0.15) is 0 Å². The van der Waals surface area contributed by atoms with Gasteiger partial charge in [-0.05, 0) is 32.3 Å². The Balaban J connectivity index is 0.00000420. The third kappa shape index (κ3) is 9.09. The van der Waals surface area contributed by atoms with Crippen LogP contribution >= 0.6 is 24.0 Å². The number of sulfonamides is 1. The van der Waals surface area contributed by atoms with Gasteiger partial charge in [-0.25, -0.2) is 21.9 Å². The maximum Gasteiger partial charge on any atom is 0.213 e. The van der Waals surface area contributed by atoms with E-state index < -0.39 is 27.7 Å². The Kier molecular flexibility index (Phi) is 11.3. The van der Waals surface area contributed by atoms with Crippen LogP contribution in [0.15, 0.2) is 23.2 Å². The van der Waals surface area contributed by atoms with Crippen LogP contribution in [0, 0.1) is 11.6 Å². The molecular formula is C18H29F2IN4O3S. The number of benzene rings is 1. The number of hydrogen-bond donors (Lipinski definition) is 3. The zero-order valence-corrected chi connectivity index (χ0v) is 19.7. The van der Waals surface area contributed by atoms with Gasteiger partial charge in [0.2, 0.25) is 10.0 Å². The van der Waals surface area contributed by atoms with Crippen molar-refractivity contribution in [2.24, 2.45) is 4.99 Å². The van der Waals surface area contributed by atoms with E-state index in [-0.39, 0.29) is 54.5 Å². The molecule has 1 saturated heterocycles. The van der Waals surface area contributed by atoms with Crippen LogP contribution < -0.4 is 15.4 Å². The van der Waals surface area contributed by atoms with Gasteiger partial charge in [0.05, 0.1) is 17.9 Å². The van der Waals surface area contributed by atoms with E-state index in [9.17, 15) is 17.2 Å². The SMILES string of the molecule is CN=C(NCCS(=O)(=O)NCC1CCCCO1)NC(C)c1ccc(F)cc1F.I. The van der Waals surface area contributed by atoms with E-state index in [1.807, 2.05) is 0 Å². The summed E-state index contributed by atoms with van der Waals surface area (Å²) in [5.41, 5.74) is 0.283. The summed E-state index contributed by atoms with van der Waals surface area (Å²) < 4.78 is 59.2. The van der Waals surface area contributed by atoms with E-state index >= 15 is 0 Å². The molecule has 0 bridgehead atoms. The number of guanidine groups is 1. The van der Waals surface area contributed by atoms with E-state index in [0.717, 1.165) is 25.3 Å². The number of aliphatic imine (C=N–C) groups is 1. The summed E-state index contributed by atoms with van der Waals surface area (Å²) in [5, 5.41) is 5.84. The largest absolute Gasteiger partial charge is 0.377 e. The van der Waals surface area contributed by atoms with Crippen molar-refractivity contribution in [1.82, 2.24) is 15.4 Å². The quantitative estimate of drug-likeness (QED) is 0.265. The zero-order chi connectivity index (χ0) is 20.6. The predicted octanol–water partition coefficient (Wildman–Crippen LogP) is 2.30. The van der Waals surface area contributed by atoms with Crippen LogP contribution in [0.25, 0.3) is 0 Å². The number of ether oxygens (including phenoxy) is 1. The zero-order valence-electron chi connectivity index (χ0n) is 16.6. The molecular weight excluding hydrogens is 517 g/mol. The Morgan fingerprint density at radius 2 is 2.10 bits per heavy atom. The number of nitrogens with one attached hydrogen (secondary N) is 3. The molecule has 2 atom stereocenters. The summed E-state index contributed by atoms with van der Waals surface area (Å²) >= 11 is 0. The van der Waals surface area contributed by atoms with Gasteiger partial charge in [0.15, 0.2) is 5.96 Å². The minimum Gasteiger partial charge on any atom is -0.377 e. The van der Waals surface area contributed by atoms with Crippen LogP contribution in [-0.2, 0) is 14.8 Å². The minimum absolute atomic E-state index is 0. The summed E-state index contributed by atoms with van der Waals surface area (Å²) in [5.74, 6) is -1.12. The first kappa shape index (κ1) is 26.0. The van der Waals surface area contributed by atoms with Crippen LogP contribution in [0.5, 0.6) is 0 Å². The molecule has 2 unspecified atom stereocenters. The van der Waals surface area contributed by atoms with Crippen LogP contribution in [-0.4, -0.2) is 53.0 Å². The van der Waals surface area contributed by atoms with Gasteiger partial charge in [0.1, 0.15) is 11.6 Å². The maximum atomic E-state index is 13.9. The van der Waals surface area contributed by atoms with Gasteiger partial charge in [-0.15, -0.1) is 24.0 Å². The summed E-state index contributed by atoms with van der Waals surface area (Å²) in [6.45, 7) is 2.77. The fourth-order valence-electron chi connectivity index (χ4n) is 2.89. The van der Waals surface area contributed by atoms with Crippen molar-refractivity contribution in [3.05, 3.63) is 35.4 Å². The van der Waals surface area contributed by atoms with Gasteiger partial charge in [-0.3, -0.25) is 4.99 Å². The van der Waals surface area contributed by atoms with Crippen molar-refractivity contribution in [1.29, 1.82) is 0 Å². The fourth-order valence-corrected chi connectivity index (χ4v) is 3.85. The third-order valence-electron chi connectivity index (χ3n) is 4.47. The molecule has 0 spiro atoms. The van der Waals surface area contributed by atoms with Gasteiger partial charge in [0.25, 0.3) is 0 Å². The van der Waals surface area contributed by atoms with Crippen LogP contribution in [0.1, 0.15) is 37.8 Å². The molecule has 0 amide bonds. The Morgan fingerprint density at radius 3 is 2.72 bits per heavy atom. The molecule has 1 aliphatic rings. The van der Waals surface area contributed by atoms with E-state index in [1.54, 1.807) is 6.92 Å². The molecule has 1 heterocycles. The Morgan fingerprint density at radius 1 is 1.34 bits per heavy atom. The molecule has 1 aromatic carbocycles. The molecule has 0 radical (unpaired) electrons. The number of halogens is 3. The van der Waals surface area contributed by atoms with Crippen molar-refractivity contribution < 1.29 is 21.9 Å². The van der Waals surface area contributed by atoms with E-state index in [2.05, 4.69) is 20.3 Å². The normalized spacial score (nSPS) is 18.6. The molecule has 2 rings (SSSR count). The monoisotopic (exact) mass is 546 g/mol. The highest BCUT2D eigenvalue weighted by atomic mass is 127. The lowest BCUT2D eigenvalue weighted by atomic mass is 10.1. The van der Waals surface area contributed by atoms with Crippen LogP contribution in [0.2, 0.25) is 0 Å². The molecule has 1 aromatic rings. The lowest BCUT2D eigenvalue weighted by molar-refractivity contribution is 0.0200. The molecule has 3 N–H and O–H groups in total. The Hall–Kier alpha value is -1.05. The Labute approximate surface area is 188 Å². The average molecular weight is 546 g/mol. The predicted molar refractivity (Wildman–Crippen MR) is 120 cm³/mol. The maximum absolute atomic E-state index is 13.9. The second-order valence-electron chi connectivity index (χ2n) is 6.69. The molecule has 11 heteroatoms. The van der Waals surface area contributed by atoms with Crippen LogP contribution in [0.4, 0.5) is 8.78 Å². The van der Waals surface area contributed by atoms with Gasteiger partial charge < -0.3 is 15.4 Å². The minimum atomic E-state index is -3.45. The summed E-state index contributed by atoms with van der Waals surface area (Å²) in [6, 6.07) is 2.88. The molecule has 29 heavy (non-hydrogen) atoms. The van der Waals surface area contributed by atoms with Crippen molar-refractivity contribution in [3.8, 4) is 0 Å². The van der Waals surface area contributed by atoms with E-state index in [1.165, 1.54) is 19.2 Å².